The predicted octanol–water partition coefficient (Wildman–Crippen LogP) is 4.44. The van der Waals surface area contributed by atoms with E-state index in [0.717, 1.165) is 18.7 Å². The van der Waals surface area contributed by atoms with Crippen LogP contribution in [-0.2, 0) is 0 Å². The van der Waals surface area contributed by atoms with E-state index in [0.29, 0.717) is 71.9 Å². The molecule has 1 saturated carbocycles. The highest BCUT2D eigenvalue weighted by Gasteiger charge is 2.30. The summed E-state index contributed by atoms with van der Waals surface area (Å²) in [7, 11) is 0. The van der Waals surface area contributed by atoms with Crippen molar-refractivity contribution in [1.82, 2.24) is 24.6 Å². The Morgan fingerprint density at radius 2 is 1.86 bits per heavy atom. The maximum absolute atomic E-state index is 14.0. The molecular formula is C26H29F2N7O. The number of rotatable bonds is 4. The largest absolute Gasteiger partial charge is 0.390 e. The summed E-state index contributed by atoms with van der Waals surface area (Å²) in [6.07, 6.45) is 2.72. The number of benzene rings is 1. The molecule has 4 aromatic rings. The molecule has 1 unspecified atom stereocenters. The van der Waals surface area contributed by atoms with E-state index in [1.54, 1.807) is 10.6 Å². The summed E-state index contributed by atoms with van der Waals surface area (Å²) < 4.78 is 29.5. The number of aryl methyl sites for hydroxylation is 1. The van der Waals surface area contributed by atoms with Crippen molar-refractivity contribution in [3.63, 3.8) is 0 Å². The quantitative estimate of drug-likeness (QED) is 0.434. The number of alkyl halides is 1. The molecule has 0 radical (unpaired) electrons. The van der Waals surface area contributed by atoms with Crippen molar-refractivity contribution in [2.45, 2.75) is 63.8 Å². The number of hydrogen-bond donors (Lipinski definition) is 2. The molecule has 1 aliphatic carbocycles. The lowest BCUT2D eigenvalue weighted by Crippen LogP contribution is -2.36. The molecule has 2 fully saturated rings. The summed E-state index contributed by atoms with van der Waals surface area (Å²) in [5.74, 6) is 1.08. The minimum absolute atomic E-state index is 0.175. The molecule has 1 saturated heterocycles. The van der Waals surface area contributed by atoms with Gasteiger partial charge in [0.25, 0.3) is 0 Å². The van der Waals surface area contributed by atoms with Crippen LogP contribution < -0.4 is 10.2 Å². The first-order valence-electron chi connectivity index (χ1n) is 12.5. The van der Waals surface area contributed by atoms with Gasteiger partial charge in [-0.05, 0) is 58.1 Å². The van der Waals surface area contributed by atoms with Gasteiger partial charge in [0.05, 0.1) is 28.9 Å². The van der Waals surface area contributed by atoms with E-state index in [4.69, 9.17) is 10.1 Å². The van der Waals surface area contributed by atoms with Gasteiger partial charge in [0.2, 0.25) is 0 Å². The Labute approximate surface area is 207 Å². The van der Waals surface area contributed by atoms with Crippen LogP contribution in [-0.4, -0.2) is 60.6 Å². The second-order valence-electron chi connectivity index (χ2n) is 10.3. The number of nitrogens with one attached hydrogen (secondary N) is 1. The fraction of sp³-hybridized carbons (Fsp3) is 0.462. The topological polar surface area (TPSA) is 91.5 Å². The average molecular weight is 494 g/mol. The van der Waals surface area contributed by atoms with E-state index < -0.39 is 11.8 Å². The Bertz CT molecular complexity index is 1440. The SMILES string of the molecule is Cc1nc2ccc(F)cc2nc1-c1cc2nc(N3CCC(F)C3)cc(NC3CCC(C)(O)CC3)n2n1. The number of nitrogens with zero attached hydrogens (tertiary/aromatic N) is 6. The van der Waals surface area contributed by atoms with Crippen molar-refractivity contribution >= 4 is 28.3 Å². The molecule has 36 heavy (non-hydrogen) atoms. The molecule has 4 heterocycles. The maximum atomic E-state index is 14.0. The number of anilines is 2. The van der Waals surface area contributed by atoms with Gasteiger partial charge in [-0.15, -0.1) is 0 Å². The second-order valence-corrected chi connectivity index (χ2v) is 10.3. The summed E-state index contributed by atoms with van der Waals surface area (Å²) >= 11 is 0. The minimum atomic E-state index is -0.864. The summed E-state index contributed by atoms with van der Waals surface area (Å²) in [5, 5.41) is 18.8. The molecule has 0 spiro atoms. The molecule has 188 valence electrons. The van der Waals surface area contributed by atoms with Crippen LogP contribution in [0, 0.1) is 12.7 Å². The molecule has 3 aromatic heterocycles. The van der Waals surface area contributed by atoms with Gasteiger partial charge in [0.1, 0.15) is 35.0 Å². The van der Waals surface area contributed by atoms with E-state index in [1.807, 2.05) is 30.9 Å². The molecule has 1 aliphatic heterocycles. The Morgan fingerprint density at radius 3 is 2.61 bits per heavy atom. The number of halogens is 2. The zero-order valence-electron chi connectivity index (χ0n) is 20.4. The van der Waals surface area contributed by atoms with Gasteiger partial charge in [-0.25, -0.2) is 23.7 Å². The number of fused-ring (bicyclic) bond motifs is 2. The van der Waals surface area contributed by atoms with Crippen LogP contribution in [0.25, 0.3) is 28.1 Å². The van der Waals surface area contributed by atoms with Crippen molar-refractivity contribution < 1.29 is 13.9 Å². The fourth-order valence-electron chi connectivity index (χ4n) is 5.22. The molecule has 6 rings (SSSR count). The minimum Gasteiger partial charge on any atom is -0.390 e. The van der Waals surface area contributed by atoms with E-state index >= 15 is 0 Å². The third-order valence-electron chi connectivity index (χ3n) is 7.33. The lowest BCUT2D eigenvalue weighted by atomic mass is 9.84. The Hall–Kier alpha value is -3.40. The molecule has 8 nitrogen and oxygen atoms in total. The van der Waals surface area contributed by atoms with Gasteiger partial charge >= 0.3 is 0 Å². The van der Waals surface area contributed by atoms with Crippen molar-refractivity contribution in [2.24, 2.45) is 0 Å². The third kappa shape index (κ3) is 4.34. The second kappa shape index (κ2) is 8.62. The molecule has 1 aromatic carbocycles. The first kappa shape index (κ1) is 23.0. The van der Waals surface area contributed by atoms with E-state index in [-0.39, 0.29) is 11.9 Å². The number of aromatic nitrogens is 5. The van der Waals surface area contributed by atoms with E-state index in [1.165, 1.54) is 12.1 Å². The highest BCUT2D eigenvalue weighted by atomic mass is 19.1. The maximum Gasteiger partial charge on any atom is 0.160 e. The first-order chi connectivity index (χ1) is 17.2. The highest BCUT2D eigenvalue weighted by Crippen LogP contribution is 2.32. The Kier molecular flexibility index (Phi) is 5.51. The van der Waals surface area contributed by atoms with Crippen molar-refractivity contribution in [2.75, 3.05) is 23.3 Å². The summed E-state index contributed by atoms with van der Waals surface area (Å²) in [5.41, 5.74) is 2.87. The monoisotopic (exact) mass is 493 g/mol. The third-order valence-corrected chi connectivity index (χ3v) is 7.33. The van der Waals surface area contributed by atoms with Gasteiger partial charge < -0.3 is 15.3 Å². The summed E-state index contributed by atoms with van der Waals surface area (Å²) in [4.78, 5) is 16.0. The van der Waals surface area contributed by atoms with Crippen LogP contribution in [0.4, 0.5) is 20.4 Å². The average Bonchev–Trinajstić information content (AvgIpc) is 3.46. The molecule has 0 amide bonds. The number of hydrogen-bond acceptors (Lipinski definition) is 7. The van der Waals surface area contributed by atoms with Crippen LogP contribution >= 0.6 is 0 Å². The zero-order chi connectivity index (χ0) is 25.0. The van der Waals surface area contributed by atoms with Crippen molar-refractivity contribution in [3.05, 3.63) is 41.8 Å². The first-order valence-corrected chi connectivity index (χ1v) is 12.5. The molecule has 10 heteroatoms. The van der Waals surface area contributed by atoms with Crippen LogP contribution in [0.3, 0.4) is 0 Å². The van der Waals surface area contributed by atoms with Gasteiger partial charge in [0.15, 0.2) is 5.65 Å². The summed E-state index contributed by atoms with van der Waals surface area (Å²) in [6.45, 7) is 4.66. The molecule has 0 bridgehead atoms. The van der Waals surface area contributed by atoms with Crippen LogP contribution in [0.15, 0.2) is 30.3 Å². The smallest absolute Gasteiger partial charge is 0.160 e. The van der Waals surface area contributed by atoms with Gasteiger partial charge in [-0.2, -0.15) is 9.61 Å². The van der Waals surface area contributed by atoms with E-state index in [2.05, 4.69) is 15.3 Å². The zero-order valence-corrected chi connectivity index (χ0v) is 20.4. The number of aliphatic hydroxyl groups is 1. The van der Waals surface area contributed by atoms with E-state index in [9.17, 15) is 13.9 Å². The molecular weight excluding hydrogens is 464 g/mol. The van der Waals surface area contributed by atoms with Gasteiger partial charge in [-0.1, -0.05) is 0 Å². The van der Waals surface area contributed by atoms with Crippen molar-refractivity contribution in [3.8, 4) is 11.4 Å². The van der Waals surface area contributed by atoms with Gasteiger partial charge in [-0.3, -0.25) is 0 Å². The molecule has 2 N–H and O–H groups in total. The Balaban J connectivity index is 1.42. The van der Waals surface area contributed by atoms with Gasteiger partial charge in [0, 0.05) is 30.8 Å². The highest BCUT2D eigenvalue weighted by molar-refractivity contribution is 5.78. The molecule has 2 aliphatic rings. The fourth-order valence-corrected chi connectivity index (χ4v) is 5.22. The van der Waals surface area contributed by atoms with Crippen LogP contribution in [0.5, 0.6) is 0 Å². The van der Waals surface area contributed by atoms with Crippen LogP contribution in [0.2, 0.25) is 0 Å². The molecule has 1 atom stereocenters. The van der Waals surface area contributed by atoms with Crippen LogP contribution in [0.1, 0.15) is 44.7 Å². The predicted molar refractivity (Wildman–Crippen MR) is 134 cm³/mol. The lowest BCUT2D eigenvalue weighted by molar-refractivity contribution is 0.0196. The standard InChI is InChI=1S/C26H29F2N7O/c1-15-25(31-20-11-16(27)3-4-19(20)29-15)21-12-23-32-22(34-10-7-17(28)14-34)13-24(35(23)33-21)30-18-5-8-26(2,36)9-6-18/h3-4,11-13,17-18,30,36H,5-10,14H2,1-2H3. The normalized spacial score (nSPS) is 24.6. The Morgan fingerprint density at radius 1 is 1.06 bits per heavy atom. The lowest BCUT2D eigenvalue weighted by Gasteiger charge is -2.34. The summed E-state index contributed by atoms with van der Waals surface area (Å²) in [6, 6.07) is 8.28. The van der Waals surface area contributed by atoms with Crippen molar-refractivity contribution in [1.29, 1.82) is 0 Å².